The van der Waals surface area contributed by atoms with Gasteiger partial charge in [-0.2, -0.15) is 0 Å². The molecule has 0 aliphatic rings. The predicted molar refractivity (Wildman–Crippen MR) is 62.2 cm³/mol. The van der Waals surface area contributed by atoms with E-state index >= 15 is 0 Å². The third kappa shape index (κ3) is 2.39. The van der Waals surface area contributed by atoms with E-state index in [1.54, 1.807) is 13.2 Å². The van der Waals surface area contributed by atoms with E-state index in [4.69, 9.17) is 4.74 Å². The number of hydrogen-bond donors (Lipinski definition) is 1. The maximum Gasteiger partial charge on any atom is 0.127 e. The largest absolute Gasteiger partial charge is 0.496 e. The van der Waals surface area contributed by atoms with E-state index in [9.17, 15) is 5.11 Å². The van der Waals surface area contributed by atoms with Crippen LogP contribution < -0.4 is 4.74 Å². The standard InChI is InChI=1S/C13H18O2/c1-5-6-12(14)11-8-7-9(2)10(3)13(11)15-4/h5,7-8,12,14H,1,6H2,2-4H3. The molecule has 0 bridgehead atoms. The van der Waals surface area contributed by atoms with Crippen LogP contribution in [-0.4, -0.2) is 12.2 Å². The molecule has 1 unspecified atom stereocenters. The summed E-state index contributed by atoms with van der Waals surface area (Å²) in [5.74, 6) is 0.782. The second-order valence-corrected chi connectivity index (χ2v) is 3.67. The van der Waals surface area contributed by atoms with Gasteiger partial charge in [0.1, 0.15) is 5.75 Å². The minimum Gasteiger partial charge on any atom is -0.496 e. The summed E-state index contributed by atoms with van der Waals surface area (Å²) in [7, 11) is 1.63. The molecular weight excluding hydrogens is 188 g/mol. The molecule has 2 nitrogen and oxygen atoms in total. The number of hydrogen-bond acceptors (Lipinski definition) is 2. The molecular formula is C13H18O2. The van der Waals surface area contributed by atoms with Gasteiger partial charge in [0.2, 0.25) is 0 Å². The molecule has 1 atom stereocenters. The Bertz CT molecular complexity index is 356. The molecule has 1 aromatic rings. The molecule has 1 rings (SSSR count). The summed E-state index contributed by atoms with van der Waals surface area (Å²) in [5, 5.41) is 9.90. The molecule has 0 saturated heterocycles. The third-order valence-corrected chi connectivity index (χ3v) is 2.66. The quantitative estimate of drug-likeness (QED) is 0.767. The Morgan fingerprint density at radius 1 is 1.47 bits per heavy atom. The van der Waals surface area contributed by atoms with Crippen LogP contribution in [0.5, 0.6) is 5.75 Å². The van der Waals surface area contributed by atoms with Crippen LogP contribution in [0.15, 0.2) is 24.8 Å². The normalized spacial score (nSPS) is 12.3. The smallest absolute Gasteiger partial charge is 0.127 e. The summed E-state index contributed by atoms with van der Waals surface area (Å²) in [6.07, 6.45) is 1.72. The number of rotatable bonds is 4. The van der Waals surface area contributed by atoms with Crippen LogP contribution in [0.2, 0.25) is 0 Å². The highest BCUT2D eigenvalue weighted by Crippen LogP contribution is 2.32. The van der Waals surface area contributed by atoms with Gasteiger partial charge >= 0.3 is 0 Å². The molecule has 0 aliphatic heterocycles. The van der Waals surface area contributed by atoms with Gasteiger partial charge in [-0.15, -0.1) is 6.58 Å². The van der Waals surface area contributed by atoms with Gasteiger partial charge in [-0.3, -0.25) is 0 Å². The van der Waals surface area contributed by atoms with Crippen molar-refractivity contribution in [3.63, 3.8) is 0 Å². The van der Waals surface area contributed by atoms with Crippen molar-refractivity contribution in [3.8, 4) is 5.75 Å². The monoisotopic (exact) mass is 206 g/mol. The van der Waals surface area contributed by atoms with Crippen LogP contribution in [0.25, 0.3) is 0 Å². The van der Waals surface area contributed by atoms with E-state index in [0.29, 0.717) is 6.42 Å². The number of methoxy groups -OCH3 is 1. The molecule has 82 valence electrons. The Kier molecular flexibility index (Phi) is 3.92. The maximum atomic E-state index is 9.90. The number of ether oxygens (including phenoxy) is 1. The first-order valence-electron chi connectivity index (χ1n) is 5.04. The summed E-state index contributed by atoms with van der Waals surface area (Å²) in [6, 6.07) is 3.91. The Labute approximate surface area is 91.2 Å². The van der Waals surface area contributed by atoms with E-state index in [2.05, 4.69) is 6.58 Å². The van der Waals surface area contributed by atoms with Gasteiger partial charge in [-0.1, -0.05) is 18.2 Å². The highest BCUT2D eigenvalue weighted by molar-refractivity contribution is 5.46. The summed E-state index contributed by atoms with van der Waals surface area (Å²) in [5.41, 5.74) is 3.08. The van der Waals surface area contributed by atoms with E-state index in [-0.39, 0.29) is 0 Å². The van der Waals surface area contributed by atoms with Crippen LogP contribution in [0.4, 0.5) is 0 Å². The van der Waals surface area contributed by atoms with Crippen molar-refractivity contribution in [1.82, 2.24) is 0 Å². The van der Waals surface area contributed by atoms with E-state index in [0.717, 1.165) is 16.9 Å². The van der Waals surface area contributed by atoms with Crippen LogP contribution in [-0.2, 0) is 0 Å². The van der Waals surface area contributed by atoms with Gasteiger partial charge < -0.3 is 9.84 Å². The van der Waals surface area contributed by atoms with Crippen LogP contribution in [0, 0.1) is 13.8 Å². The summed E-state index contributed by atoms with van der Waals surface area (Å²) >= 11 is 0. The van der Waals surface area contributed by atoms with E-state index in [1.165, 1.54) is 5.56 Å². The lowest BCUT2D eigenvalue weighted by Gasteiger charge is -2.16. The van der Waals surface area contributed by atoms with Gasteiger partial charge in [0.05, 0.1) is 13.2 Å². The molecule has 15 heavy (non-hydrogen) atoms. The van der Waals surface area contributed by atoms with Gasteiger partial charge in [-0.05, 0) is 31.4 Å². The molecule has 0 spiro atoms. The topological polar surface area (TPSA) is 29.5 Å². The molecule has 0 aliphatic carbocycles. The zero-order valence-corrected chi connectivity index (χ0v) is 9.58. The molecule has 0 amide bonds. The Morgan fingerprint density at radius 3 is 2.67 bits per heavy atom. The zero-order valence-electron chi connectivity index (χ0n) is 9.58. The molecule has 1 N–H and O–H groups in total. The molecule has 0 heterocycles. The molecule has 0 radical (unpaired) electrons. The van der Waals surface area contributed by atoms with Crippen molar-refractivity contribution in [1.29, 1.82) is 0 Å². The van der Waals surface area contributed by atoms with Crippen molar-refractivity contribution >= 4 is 0 Å². The van der Waals surface area contributed by atoms with E-state index < -0.39 is 6.10 Å². The molecule has 1 aromatic carbocycles. The first kappa shape index (κ1) is 11.8. The van der Waals surface area contributed by atoms with Crippen molar-refractivity contribution in [2.75, 3.05) is 7.11 Å². The molecule has 0 fully saturated rings. The Morgan fingerprint density at radius 2 is 2.13 bits per heavy atom. The lowest BCUT2D eigenvalue weighted by Crippen LogP contribution is -2.02. The number of aryl methyl sites for hydroxylation is 1. The van der Waals surface area contributed by atoms with Crippen molar-refractivity contribution < 1.29 is 9.84 Å². The first-order chi connectivity index (χ1) is 7.11. The second kappa shape index (κ2) is 4.99. The van der Waals surface area contributed by atoms with Gasteiger partial charge in [0.15, 0.2) is 0 Å². The minimum atomic E-state index is -0.531. The Balaban J connectivity index is 3.17. The van der Waals surface area contributed by atoms with Crippen LogP contribution >= 0.6 is 0 Å². The highest BCUT2D eigenvalue weighted by Gasteiger charge is 2.14. The predicted octanol–water partition coefficient (Wildman–Crippen LogP) is 2.92. The first-order valence-corrected chi connectivity index (χ1v) is 5.04. The zero-order chi connectivity index (χ0) is 11.4. The summed E-state index contributed by atoms with van der Waals surface area (Å²) in [4.78, 5) is 0. The molecule has 2 heteroatoms. The lowest BCUT2D eigenvalue weighted by molar-refractivity contribution is 0.177. The van der Waals surface area contributed by atoms with Crippen molar-refractivity contribution in [3.05, 3.63) is 41.5 Å². The summed E-state index contributed by atoms with van der Waals surface area (Å²) < 4.78 is 5.33. The number of benzene rings is 1. The molecule has 0 aromatic heterocycles. The lowest BCUT2D eigenvalue weighted by atomic mass is 9.99. The van der Waals surface area contributed by atoms with Crippen LogP contribution in [0.3, 0.4) is 0 Å². The van der Waals surface area contributed by atoms with Gasteiger partial charge in [-0.25, -0.2) is 0 Å². The highest BCUT2D eigenvalue weighted by atomic mass is 16.5. The molecule has 0 saturated carbocycles. The fraction of sp³-hybridized carbons (Fsp3) is 0.385. The maximum absolute atomic E-state index is 9.90. The average Bonchev–Trinajstić information content (AvgIpc) is 2.22. The SMILES string of the molecule is C=CCC(O)c1ccc(C)c(C)c1OC. The number of aliphatic hydroxyl groups excluding tert-OH is 1. The van der Waals surface area contributed by atoms with Gasteiger partial charge in [0.25, 0.3) is 0 Å². The van der Waals surface area contributed by atoms with Crippen LogP contribution in [0.1, 0.15) is 29.2 Å². The third-order valence-electron chi connectivity index (χ3n) is 2.66. The van der Waals surface area contributed by atoms with E-state index in [1.807, 2.05) is 26.0 Å². The minimum absolute atomic E-state index is 0.531. The summed E-state index contributed by atoms with van der Waals surface area (Å²) in [6.45, 7) is 7.65. The fourth-order valence-electron chi connectivity index (χ4n) is 1.63. The fourth-order valence-corrected chi connectivity index (χ4v) is 1.63. The van der Waals surface area contributed by atoms with Gasteiger partial charge in [0, 0.05) is 5.56 Å². The number of aliphatic hydroxyl groups is 1. The Hall–Kier alpha value is -1.28. The second-order valence-electron chi connectivity index (χ2n) is 3.67. The van der Waals surface area contributed by atoms with Crippen molar-refractivity contribution in [2.45, 2.75) is 26.4 Å². The average molecular weight is 206 g/mol. The van der Waals surface area contributed by atoms with Crippen molar-refractivity contribution in [2.24, 2.45) is 0 Å².